The summed E-state index contributed by atoms with van der Waals surface area (Å²) in [6.07, 6.45) is 0.874. The first kappa shape index (κ1) is 22.9. The first-order valence-corrected chi connectivity index (χ1v) is 11.2. The third-order valence-corrected chi connectivity index (χ3v) is 5.80. The number of aromatic nitrogens is 2. The van der Waals surface area contributed by atoms with Crippen LogP contribution in [0.5, 0.6) is 0 Å². The molecule has 2 amide bonds. The summed E-state index contributed by atoms with van der Waals surface area (Å²) in [6.45, 7) is 2.86. The molecule has 9 nitrogen and oxygen atoms in total. The van der Waals surface area contributed by atoms with Gasteiger partial charge in [-0.2, -0.15) is 0 Å². The van der Waals surface area contributed by atoms with Gasteiger partial charge in [-0.25, -0.2) is 4.98 Å². The molecule has 1 saturated heterocycles. The van der Waals surface area contributed by atoms with E-state index in [2.05, 4.69) is 25.5 Å². The maximum atomic E-state index is 12.4. The second-order valence-corrected chi connectivity index (χ2v) is 8.30. The average Bonchev–Trinajstić information content (AvgIpc) is 3.28. The number of likely N-dealkylation sites (tertiary alicyclic amines) is 1. The van der Waals surface area contributed by atoms with Gasteiger partial charge >= 0.3 is 0 Å². The topological polar surface area (TPSA) is 131 Å². The number of rotatable bonds is 8. The van der Waals surface area contributed by atoms with Crippen molar-refractivity contribution >= 4 is 34.2 Å². The minimum atomic E-state index is -1.71. The summed E-state index contributed by atoms with van der Waals surface area (Å²) in [4.78, 5) is 34.0. The molecule has 2 aromatic carbocycles. The van der Waals surface area contributed by atoms with Gasteiger partial charge in [-0.05, 0) is 62.3 Å². The molecule has 1 fully saturated rings. The number of piperidine rings is 1. The van der Waals surface area contributed by atoms with Crippen molar-refractivity contribution in [2.45, 2.75) is 37.9 Å². The summed E-state index contributed by atoms with van der Waals surface area (Å²) in [7, 11) is 0. The molecule has 0 spiro atoms. The van der Waals surface area contributed by atoms with Crippen LogP contribution in [0.2, 0.25) is 0 Å². The number of aliphatic hydroxyl groups is 2. The van der Waals surface area contributed by atoms with Crippen molar-refractivity contribution in [2.24, 2.45) is 0 Å². The van der Waals surface area contributed by atoms with Gasteiger partial charge in [-0.3, -0.25) is 9.59 Å². The maximum Gasteiger partial charge on any atom is 0.256 e. The minimum Gasteiger partial charge on any atom is -0.382 e. The molecular weight excluding hydrogens is 422 g/mol. The van der Waals surface area contributed by atoms with Crippen LogP contribution in [0.15, 0.2) is 48.5 Å². The summed E-state index contributed by atoms with van der Waals surface area (Å²) in [5.41, 5.74) is 2.39. The number of aromatic amines is 1. The Hall–Kier alpha value is -3.27. The van der Waals surface area contributed by atoms with E-state index in [-0.39, 0.29) is 11.7 Å². The van der Waals surface area contributed by atoms with E-state index < -0.39 is 18.1 Å². The van der Waals surface area contributed by atoms with E-state index in [1.807, 2.05) is 12.1 Å². The maximum absolute atomic E-state index is 12.4. The van der Waals surface area contributed by atoms with E-state index in [0.29, 0.717) is 28.8 Å². The van der Waals surface area contributed by atoms with Gasteiger partial charge in [-0.15, -0.1) is 0 Å². The lowest BCUT2D eigenvalue weighted by atomic mass is 10.1. The molecule has 0 saturated carbocycles. The van der Waals surface area contributed by atoms with E-state index in [9.17, 15) is 19.8 Å². The molecule has 2 unspecified atom stereocenters. The predicted molar refractivity (Wildman–Crippen MR) is 126 cm³/mol. The molecule has 2 heterocycles. The number of para-hydroxylation sites is 2. The Morgan fingerprint density at radius 3 is 2.33 bits per heavy atom. The number of fused-ring (bicyclic) bond motifs is 1. The predicted octanol–water partition coefficient (Wildman–Crippen LogP) is 2.41. The van der Waals surface area contributed by atoms with Crippen LogP contribution in [0, 0.1) is 0 Å². The van der Waals surface area contributed by atoms with Crippen molar-refractivity contribution in [3.63, 3.8) is 0 Å². The fraction of sp³-hybridized carbons (Fsp3) is 0.375. The normalized spacial score (nSPS) is 16.3. The number of aliphatic hydroxyl groups excluding tert-OH is 2. The number of amides is 2. The molecule has 9 heteroatoms. The Morgan fingerprint density at radius 2 is 1.64 bits per heavy atom. The van der Waals surface area contributed by atoms with Crippen molar-refractivity contribution in [3.8, 4) is 0 Å². The Kier molecular flexibility index (Phi) is 7.33. The highest BCUT2D eigenvalue weighted by molar-refractivity contribution is 5.95. The number of carbonyl (C=O) groups is 2. The minimum absolute atomic E-state index is 0.0539. The number of anilines is 2. The fourth-order valence-corrected chi connectivity index (χ4v) is 3.92. The van der Waals surface area contributed by atoms with Gasteiger partial charge < -0.3 is 30.7 Å². The van der Waals surface area contributed by atoms with Gasteiger partial charge in [0, 0.05) is 24.3 Å². The highest BCUT2D eigenvalue weighted by Crippen LogP contribution is 2.20. The van der Waals surface area contributed by atoms with Crippen LogP contribution in [-0.2, 0) is 9.59 Å². The second kappa shape index (κ2) is 10.6. The van der Waals surface area contributed by atoms with Crippen molar-refractivity contribution < 1.29 is 19.8 Å². The zero-order valence-corrected chi connectivity index (χ0v) is 18.3. The Balaban J connectivity index is 1.27. The first-order valence-electron chi connectivity index (χ1n) is 11.2. The standard InChI is InChI=1S/C24H29N5O4/c30-20(12-15-29-13-4-1-5-14-29)25-16-8-10-17(11-9-16)26-24(33)22(32)21(31)23-27-18-6-2-3-7-19(18)28-23/h2-3,6-11,21-22,31-32H,1,4-5,12-15H2,(H,25,30)(H,26,33)(H,27,28). The Morgan fingerprint density at radius 1 is 0.970 bits per heavy atom. The molecule has 174 valence electrons. The van der Waals surface area contributed by atoms with Crippen LogP contribution in [0.25, 0.3) is 11.0 Å². The Labute approximate surface area is 191 Å². The summed E-state index contributed by atoms with van der Waals surface area (Å²) in [5.74, 6) is -0.704. The fourth-order valence-electron chi connectivity index (χ4n) is 3.92. The van der Waals surface area contributed by atoms with Crippen LogP contribution < -0.4 is 10.6 Å². The van der Waals surface area contributed by atoms with Gasteiger partial charge in [0.2, 0.25) is 5.91 Å². The van der Waals surface area contributed by atoms with Gasteiger partial charge in [0.1, 0.15) is 11.9 Å². The number of nitrogens with one attached hydrogen (secondary N) is 3. The van der Waals surface area contributed by atoms with Crippen molar-refractivity contribution in [3.05, 3.63) is 54.4 Å². The molecule has 0 bridgehead atoms. The molecular formula is C24H29N5O4. The molecule has 0 radical (unpaired) electrons. The van der Waals surface area contributed by atoms with E-state index in [1.54, 1.807) is 36.4 Å². The SMILES string of the molecule is O=C(CCN1CCCCC1)Nc1ccc(NC(=O)C(O)C(O)c2nc3ccccc3[nH]2)cc1. The molecule has 1 aliphatic heterocycles. The number of nitrogens with zero attached hydrogens (tertiary/aromatic N) is 2. The average molecular weight is 452 g/mol. The number of carbonyl (C=O) groups excluding carboxylic acids is 2. The van der Waals surface area contributed by atoms with Crippen LogP contribution in [0.3, 0.4) is 0 Å². The van der Waals surface area contributed by atoms with E-state index >= 15 is 0 Å². The third kappa shape index (κ3) is 5.95. The van der Waals surface area contributed by atoms with Gasteiger partial charge in [0.15, 0.2) is 6.10 Å². The van der Waals surface area contributed by atoms with Gasteiger partial charge in [-0.1, -0.05) is 18.6 Å². The summed E-state index contributed by atoms with van der Waals surface area (Å²) >= 11 is 0. The zero-order valence-electron chi connectivity index (χ0n) is 18.3. The van der Waals surface area contributed by atoms with Crippen LogP contribution in [0.4, 0.5) is 11.4 Å². The first-order chi connectivity index (χ1) is 16.0. The number of hydrogen-bond donors (Lipinski definition) is 5. The van der Waals surface area contributed by atoms with Crippen molar-refractivity contribution in [1.29, 1.82) is 0 Å². The number of hydrogen-bond acceptors (Lipinski definition) is 6. The second-order valence-electron chi connectivity index (χ2n) is 8.30. The molecule has 1 aliphatic rings. The number of imidazole rings is 1. The zero-order chi connectivity index (χ0) is 23.2. The lowest BCUT2D eigenvalue weighted by molar-refractivity contribution is -0.130. The van der Waals surface area contributed by atoms with E-state index in [0.717, 1.165) is 19.6 Å². The largest absolute Gasteiger partial charge is 0.382 e. The summed E-state index contributed by atoms with van der Waals surface area (Å²) < 4.78 is 0. The molecule has 2 atom stereocenters. The van der Waals surface area contributed by atoms with E-state index in [1.165, 1.54) is 19.3 Å². The van der Waals surface area contributed by atoms with Gasteiger partial charge in [0.05, 0.1) is 11.0 Å². The lowest BCUT2D eigenvalue weighted by Crippen LogP contribution is -2.33. The number of H-pyrrole nitrogens is 1. The Bertz CT molecular complexity index is 1060. The highest BCUT2D eigenvalue weighted by Gasteiger charge is 2.28. The quantitative estimate of drug-likeness (QED) is 0.358. The molecule has 1 aromatic heterocycles. The lowest BCUT2D eigenvalue weighted by Gasteiger charge is -2.25. The monoisotopic (exact) mass is 451 g/mol. The molecule has 5 N–H and O–H groups in total. The summed E-state index contributed by atoms with van der Waals surface area (Å²) in [5, 5.41) is 26.1. The van der Waals surface area contributed by atoms with Crippen LogP contribution in [0.1, 0.15) is 37.6 Å². The van der Waals surface area contributed by atoms with Crippen molar-refractivity contribution in [1.82, 2.24) is 14.9 Å². The molecule has 4 rings (SSSR count). The van der Waals surface area contributed by atoms with Crippen LogP contribution >= 0.6 is 0 Å². The van der Waals surface area contributed by atoms with Crippen LogP contribution in [-0.4, -0.2) is 62.6 Å². The molecule has 0 aliphatic carbocycles. The smallest absolute Gasteiger partial charge is 0.256 e. The van der Waals surface area contributed by atoms with E-state index in [4.69, 9.17) is 0 Å². The molecule has 3 aromatic rings. The third-order valence-electron chi connectivity index (χ3n) is 5.80. The highest BCUT2D eigenvalue weighted by atomic mass is 16.3. The molecule has 33 heavy (non-hydrogen) atoms. The number of benzene rings is 2. The van der Waals surface area contributed by atoms with Crippen molar-refractivity contribution in [2.75, 3.05) is 30.3 Å². The summed E-state index contributed by atoms with van der Waals surface area (Å²) in [6, 6.07) is 13.8. The van der Waals surface area contributed by atoms with Gasteiger partial charge in [0.25, 0.3) is 5.91 Å².